The van der Waals surface area contributed by atoms with Crippen molar-refractivity contribution >= 4 is 17.5 Å². The molecular formula is C20H18F2N6. The monoisotopic (exact) mass is 380 g/mol. The first-order valence-electron chi connectivity index (χ1n) is 8.76. The molecule has 142 valence electrons. The first kappa shape index (κ1) is 18.0. The SMILES string of the molecule is N=C(/C=C/c1ccc(F)cc1)c1cc(-c2n[nH]c(C3CNC3)n2)c(F)cc1N. The quantitative estimate of drug-likeness (QED) is 0.403. The number of rotatable bonds is 5. The highest BCUT2D eigenvalue weighted by Crippen LogP contribution is 2.27. The summed E-state index contributed by atoms with van der Waals surface area (Å²) in [5.41, 5.74) is 7.45. The van der Waals surface area contributed by atoms with Crippen molar-refractivity contribution in [2.75, 3.05) is 18.8 Å². The van der Waals surface area contributed by atoms with Gasteiger partial charge in [-0.05, 0) is 35.9 Å². The molecule has 2 heterocycles. The van der Waals surface area contributed by atoms with Crippen LogP contribution in [-0.4, -0.2) is 34.0 Å². The third-order valence-corrected chi connectivity index (χ3v) is 4.65. The highest BCUT2D eigenvalue weighted by Gasteiger charge is 2.24. The van der Waals surface area contributed by atoms with Crippen LogP contribution in [0.2, 0.25) is 0 Å². The van der Waals surface area contributed by atoms with E-state index in [1.54, 1.807) is 18.2 Å². The number of nitrogens with one attached hydrogen (secondary N) is 3. The van der Waals surface area contributed by atoms with Crippen molar-refractivity contribution in [3.63, 3.8) is 0 Å². The maximum atomic E-state index is 14.5. The molecule has 5 N–H and O–H groups in total. The fourth-order valence-electron chi connectivity index (χ4n) is 2.90. The van der Waals surface area contributed by atoms with Crippen molar-refractivity contribution in [2.45, 2.75) is 5.92 Å². The number of hydrogen-bond donors (Lipinski definition) is 4. The minimum Gasteiger partial charge on any atom is -0.398 e. The van der Waals surface area contributed by atoms with Gasteiger partial charge in [0, 0.05) is 30.3 Å². The second-order valence-corrected chi connectivity index (χ2v) is 6.62. The van der Waals surface area contributed by atoms with Gasteiger partial charge in [0.2, 0.25) is 0 Å². The van der Waals surface area contributed by atoms with Gasteiger partial charge in [0.25, 0.3) is 0 Å². The van der Waals surface area contributed by atoms with E-state index in [2.05, 4.69) is 20.5 Å². The van der Waals surface area contributed by atoms with Crippen molar-refractivity contribution in [1.29, 1.82) is 5.41 Å². The molecule has 1 aromatic heterocycles. The minimum atomic E-state index is -0.547. The highest BCUT2D eigenvalue weighted by atomic mass is 19.1. The van der Waals surface area contributed by atoms with E-state index in [1.165, 1.54) is 30.3 Å². The first-order valence-corrected chi connectivity index (χ1v) is 8.76. The normalized spacial score (nSPS) is 14.4. The Bertz CT molecular complexity index is 1050. The van der Waals surface area contributed by atoms with Crippen LogP contribution in [-0.2, 0) is 0 Å². The summed E-state index contributed by atoms with van der Waals surface area (Å²) in [4.78, 5) is 4.38. The van der Waals surface area contributed by atoms with Gasteiger partial charge >= 0.3 is 0 Å². The molecule has 28 heavy (non-hydrogen) atoms. The standard InChI is InChI=1S/C20H18F2N6/c21-13-4-1-11(2-5-13)3-6-17(23)15-7-14(16(22)8-18(15)24)20-26-19(27-28-20)12-9-25-10-12/h1-8,12,23,25H,9-10,24H2,(H,26,27,28)/b6-3+,23-17?. The summed E-state index contributed by atoms with van der Waals surface area (Å²) < 4.78 is 27.5. The molecule has 0 atom stereocenters. The van der Waals surface area contributed by atoms with Crippen molar-refractivity contribution in [3.8, 4) is 11.4 Å². The third kappa shape index (κ3) is 3.54. The van der Waals surface area contributed by atoms with Crippen molar-refractivity contribution < 1.29 is 8.78 Å². The fraction of sp³-hybridized carbons (Fsp3) is 0.150. The Morgan fingerprint density at radius 1 is 1.18 bits per heavy atom. The van der Waals surface area contributed by atoms with Crippen LogP contribution in [0.25, 0.3) is 17.5 Å². The molecule has 1 fully saturated rings. The summed E-state index contributed by atoms with van der Waals surface area (Å²) >= 11 is 0. The Hall–Kier alpha value is -3.39. The van der Waals surface area contributed by atoms with Gasteiger partial charge in [-0.3, -0.25) is 5.10 Å². The molecule has 0 unspecified atom stereocenters. The van der Waals surface area contributed by atoms with Gasteiger partial charge in [0.1, 0.15) is 17.5 Å². The van der Waals surface area contributed by atoms with Gasteiger partial charge in [0.05, 0.1) is 11.3 Å². The Kier molecular flexibility index (Phi) is 4.70. The van der Waals surface area contributed by atoms with Gasteiger partial charge in [-0.25, -0.2) is 13.8 Å². The molecular weight excluding hydrogens is 362 g/mol. The molecule has 1 saturated heterocycles. The van der Waals surface area contributed by atoms with Crippen LogP contribution in [0.5, 0.6) is 0 Å². The number of nitrogen functional groups attached to an aromatic ring is 1. The summed E-state index contributed by atoms with van der Waals surface area (Å²) in [6, 6.07) is 8.53. The Balaban J connectivity index is 1.62. The van der Waals surface area contributed by atoms with Crippen LogP contribution < -0.4 is 11.1 Å². The van der Waals surface area contributed by atoms with Gasteiger partial charge in [-0.15, -0.1) is 0 Å². The molecule has 3 aromatic rings. The van der Waals surface area contributed by atoms with Crippen LogP contribution in [0.4, 0.5) is 14.5 Å². The van der Waals surface area contributed by atoms with Gasteiger partial charge in [-0.2, -0.15) is 5.10 Å². The summed E-state index contributed by atoms with van der Waals surface area (Å²) in [5.74, 6) is 0.306. The number of aromatic amines is 1. The lowest BCUT2D eigenvalue weighted by atomic mass is 10.0. The molecule has 6 nitrogen and oxygen atoms in total. The van der Waals surface area contributed by atoms with E-state index in [9.17, 15) is 8.78 Å². The lowest BCUT2D eigenvalue weighted by Crippen LogP contribution is -2.40. The van der Waals surface area contributed by atoms with E-state index in [-0.39, 0.29) is 34.5 Å². The molecule has 0 saturated carbocycles. The van der Waals surface area contributed by atoms with Crippen LogP contribution in [0.15, 0.2) is 42.5 Å². The number of nitrogens with two attached hydrogens (primary N) is 1. The average Bonchev–Trinajstić information content (AvgIpc) is 3.08. The van der Waals surface area contributed by atoms with E-state index in [1.807, 2.05) is 0 Å². The van der Waals surface area contributed by atoms with Crippen LogP contribution in [0.1, 0.15) is 22.9 Å². The van der Waals surface area contributed by atoms with E-state index in [0.717, 1.165) is 18.7 Å². The van der Waals surface area contributed by atoms with Crippen molar-refractivity contribution in [1.82, 2.24) is 20.5 Å². The summed E-state index contributed by atoms with van der Waals surface area (Å²) in [7, 11) is 0. The zero-order valence-electron chi connectivity index (χ0n) is 14.8. The molecule has 0 radical (unpaired) electrons. The average molecular weight is 380 g/mol. The number of benzene rings is 2. The Labute approximate surface area is 160 Å². The molecule has 0 amide bonds. The van der Waals surface area contributed by atoms with Crippen LogP contribution >= 0.6 is 0 Å². The number of hydrogen-bond acceptors (Lipinski definition) is 5. The molecule has 4 rings (SSSR count). The zero-order valence-corrected chi connectivity index (χ0v) is 14.8. The Morgan fingerprint density at radius 2 is 1.93 bits per heavy atom. The summed E-state index contributed by atoms with van der Waals surface area (Å²) in [5, 5.41) is 18.4. The van der Waals surface area contributed by atoms with Crippen LogP contribution in [0, 0.1) is 17.0 Å². The minimum absolute atomic E-state index is 0.0991. The number of allylic oxidation sites excluding steroid dienone is 1. The molecule has 0 aliphatic carbocycles. The first-order chi connectivity index (χ1) is 13.5. The predicted octanol–water partition coefficient (Wildman–Crippen LogP) is 3.10. The maximum absolute atomic E-state index is 14.5. The van der Waals surface area contributed by atoms with Crippen molar-refractivity contribution in [2.24, 2.45) is 0 Å². The third-order valence-electron chi connectivity index (χ3n) is 4.65. The maximum Gasteiger partial charge on any atom is 0.184 e. The lowest BCUT2D eigenvalue weighted by molar-refractivity contribution is 0.431. The van der Waals surface area contributed by atoms with E-state index >= 15 is 0 Å². The highest BCUT2D eigenvalue weighted by molar-refractivity contribution is 6.12. The predicted molar refractivity (Wildman–Crippen MR) is 104 cm³/mol. The summed E-state index contributed by atoms with van der Waals surface area (Å²) in [6.07, 6.45) is 3.20. The zero-order chi connectivity index (χ0) is 19.7. The Morgan fingerprint density at radius 3 is 2.61 bits per heavy atom. The number of halogens is 2. The smallest absolute Gasteiger partial charge is 0.184 e. The van der Waals surface area contributed by atoms with Gasteiger partial charge in [0.15, 0.2) is 5.82 Å². The molecule has 2 aromatic carbocycles. The van der Waals surface area contributed by atoms with Crippen molar-refractivity contribution in [3.05, 3.63) is 71.1 Å². The van der Waals surface area contributed by atoms with E-state index in [4.69, 9.17) is 11.1 Å². The van der Waals surface area contributed by atoms with Gasteiger partial charge < -0.3 is 16.5 Å². The largest absolute Gasteiger partial charge is 0.398 e. The molecule has 0 spiro atoms. The number of nitrogens with zero attached hydrogens (tertiary/aromatic N) is 2. The molecule has 1 aliphatic heterocycles. The van der Waals surface area contributed by atoms with Crippen LogP contribution in [0.3, 0.4) is 0 Å². The second kappa shape index (κ2) is 7.32. The number of aromatic nitrogens is 3. The lowest BCUT2D eigenvalue weighted by Gasteiger charge is -2.24. The van der Waals surface area contributed by atoms with E-state index < -0.39 is 5.82 Å². The number of anilines is 1. The fourth-order valence-corrected chi connectivity index (χ4v) is 2.90. The number of H-pyrrole nitrogens is 1. The molecule has 0 bridgehead atoms. The molecule has 1 aliphatic rings. The van der Waals surface area contributed by atoms with E-state index in [0.29, 0.717) is 11.4 Å². The topological polar surface area (TPSA) is 103 Å². The second-order valence-electron chi connectivity index (χ2n) is 6.62. The molecule has 8 heteroatoms. The van der Waals surface area contributed by atoms with Gasteiger partial charge in [-0.1, -0.05) is 18.2 Å². The summed E-state index contributed by atoms with van der Waals surface area (Å²) in [6.45, 7) is 1.62.